The fourth-order valence-corrected chi connectivity index (χ4v) is 2.74. The van der Waals surface area contributed by atoms with E-state index in [1.54, 1.807) is 12.0 Å². The lowest BCUT2D eigenvalue weighted by atomic mass is 10.1. The molecular formula is C22H22N2O2. The first-order chi connectivity index (χ1) is 12.7. The molecule has 0 atom stereocenters. The molecule has 132 valence electrons. The number of nitrogens with one attached hydrogen (secondary N) is 1. The Hall–Kier alpha value is -3.27. The SMILES string of the molecule is COc1ccc(Nc2ccccc2C(=O)N(C)Cc2ccccc2)cc1. The molecule has 0 heterocycles. The highest BCUT2D eigenvalue weighted by atomic mass is 16.5. The van der Waals surface area contributed by atoms with Crippen molar-refractivity contribution < 1.29 is 9.53 Å². The number of anilines is 2. The first-order valence-corrected chi connectivity index (χ1v) is 8.47. The predicted molar refractivity (Wildman–Crippen MR) is 105 cm³/mol. The van der Waals surface area contributed by atoms with Crippen LogP contribution in [0.1, 0.15) is 15.9 Å². The molecule has 3 rings (SSSR count). The molecule has 1 N–H and O–H groups in total. The van der Waals surface area contributed by atoms with E-state index in [1.807, 2.05) is 85.9 Å². The van der Waals surface area contributed by atoms with Gasteiger partial charge in [0.25, 0.3) is 5.91 Å². The van der Waals surface area contributed by atoms with Crippen LogP contribution in [0.2, 0.25) is 0 Å². The second kappa shape index (κ2) is 8.21. The smallest absolute Gasteiger partial charge is 0.256 e. The van der Waals surface area contributed by atoms with Gasteiger partial charge in [-0.1, -0.05) is 42.5 Å². The third kappa shape index (κ3) is 4.22. The zero-order valence-electron chi connectivity index (χ0n) is 15.0. The number of methoxy groups -OCH3 is 1. The minimum absolute atomic E-state index is 0.0227. The summed E-state index contributed by atoms with van der Waals surface area (Å²) >= 11 is 0. The molecule has 0 saturated carbocycles. The average molecular weight is 346 g/mol. The van der Waals surface area contributed by atoms with Crippen molar-refractivity contribution in [2.75, 3.05) is 19.5 Å². The molecule has 0 fully saturated rings. The highest BCUT2D eigenvalue weighted by Crippen LogP contribution is 2.24. The lowest BCUT2D eigenvalue weighted by Gasteiger charge is -2.20. The molecule has 0 aliphatic rings. The average Bonchev–Trinajstić information content (AvgIpc) is 2.69. The van der Waals surface area contributed by atoms with Gasteiger partial charge in [0.2, 0.25) is 0 Å². The maximum absolute atomic E-state index is 12.9. The van der Waals surface area contributed by atoms with Gasteiger partial charge in [0.05, 0.1) is 18.4 Å². The maximum Gasteiger partial charge on any atom is 0.256 e. The summed E-state index contributed by atoms with van der Waals surface area (Å²) in [5.41, 5.74) is 3.42. The second-order valence-electron chi connectivity index (χ2n) is 6.05. The quantitative estimate of drug-likeness (QED) is 0.703. The van der Waals surface area contributed by atoms with Crippen LogP contribution in [-0.4, -0.2) is 25.0 Å². The van der Waals surface area contributed by atoms with Gasteiger partial charge in [0.1, 0.15) is 5.75 Å². The first kappa shape index (κ1) is 17.5. The summed E-state index contributed by atoms with van der Waals surface area (Å²) in [6.07, 6.45) is 0. The summed E-state index contributed by atoms with van der Waals surface area (Å²) in [4.78, 5) is 14.7. The topological polar surface area (TPSA) is 41.6 Å². The largest absolute Gasteiger partial charge is 0.497 e. The van der Waals surface area contributed by atoms with Crippen molar-refractivity contribution >= 4 is 17.3 Å². The van der Waals surface area contributed by atoms with E-state index in [9.17, 15) is 4.79 Å². The molecule has 1 amide bonds. The molecule has 0 unspecified atom stereocenters. The second-order valence-corrected chi connectivity index (χ2v) is 6.05. The van der Waals surface area contributed by atoms with Crippen LogP contribution in [0.4, 0.5) is 11.4 Å². The van der Waals surface area contributed by atoms with Gasteiger partial charge in [-0.15, -0.1) is 0 Å². The lowest BCUT2D eigenvalue weighted by Crippen LogP contribution is -2.26. The third-order valence-corrected chi connectivity index (χ3v) is 4.14. The third-order valence-electron chi connectivity index (χ3n) is 4.14. The maximum atomic E-state index is 12.9. The van der Waals surface area contributed by atoms with Crippen molar-refractivity contribution in [3.8, 4) is 5.75 Å². The van der Waals surface area contributed by atoms with E-state index < -0.39 is 0 Å². The van der Waals surface area contributed by atoms with Crippen molar-refractivity contribution in [3.05, 3.63) is 90.0 Å². The summed E-state index contributed by atoms with van der Waals surface area (Å²) in [6, 6.07) is 25.1. The van der Waals surface area contributed by atoms with Crippen LogP contribution in [0.3, 0.4) is 0 Å². The Kier molecular flexibility index (Phi) is 5.54. The first-order valence-electron chi connectivity index (χ1n) is 8.47. The Morgan fingerprint density at radius 1 is 0.923 bits per heavy atom. The highest BCUT2D eigenvalue weighted by Gasteiger charge is 2.16. The van der Waals surface area contributed by atoms with E-state index in [0.717, 1.165) is 22.7 Å². The van der Waals surface area contributed by atoms with Gasteiger partial charge in [0.15, 0.2) is 0 Å². The Morgan fingerprint density at radius 3 is 2.27 bits per heavy atom. The molecule has 0 spiro atoms. The number of rotatable bonds is 6. The van der Waals surface area contributed by atoms with Crippen molar-refractivity contribution in [2.24, 2.45) is 0 Å². The van der Waals surface area contributed by atoms with Crippen LogP contribution < -0.4 is 10.1 Å². The number of hydrogen-bond donors (Lipinski definition) is 1. The van der Waals surface area contributed by atoms with Gasteiger partial charge in [-0.05, 0) is 42.0 Å². The molecule has 4 heteroatoms. The number of hydrogen-bond acceptors (Lipinski definition) is 3. The Morgan fingerprint density at radius 2 is 1.58 bits per heavy atom. The summed E-state index contributed by atoms with van der Waals surface area (Å²) in [6.45, 7) is 0.566. The molecule has 0 saturated heterocycles. The van der Waals surface area contributed by atoms with Gasteiger partial charge < -0.3 is 15.0 Å². The van der Waals surface area contributed by atoms with Gasteiger partial charge in [-0.3, -0.25) is 4.79 Å². The molecule has 0 aliphatic heterocycles. The van der Waals surface area contributed by atoms with Gasteiger partial charge in [0, 0.05) is 19.3 Å². The standard InChI is InChI=1S/C22H22N2O2/c1-24(16-17-8-4-3-5-9-17)22(25)20-10-6-7-11-21(20)23-18-12-14-19(26-2)15-13-18/h3-15,23H,16H2,1-2H3. The van der Waals surface area contributed by atoms with Crippen LogP contribution >= 0.6 is 0 Å². The van der Waals surface area contributed by atoms with Crippen LogP contribution in [0.25, 0.3) is 0 Å². The van der Waals surface area contributed by atoms with Crippen LogP contribution in [-0.2, 0) is 6.54 Å². The number of benzene rings is 3. The summed E-state index contributed by atoms with van der Waals surface area (Å²) < 4.78 is 5.18. The normalized spacial score (nSPS) is 10.2. The number of carbonyl (C=O) groups excluding carboxylic acids is 1. The minimum atomic E-state index is -0.0227. The Bertz CT molecular complexity index is 861. The number of para-hydroxylation sites is 1. The lowest BCUT2D eigenvalue weighted by molar-refractivity contribution is 0.0786. The number of carbonyl (C=O) groups is 1. The van der Waals surface area contributed by atoms with Gasteiger partial charge in [-0.2, -0.15) is 0 Å². The van der Waals surface area contributed by atoms with Crippen LogP contribution in [0, 0.1) is 0 Å². The number of nitrogens with zero attached hydrogens (tertiary/aromatic N) is 1. The molecular weight excluding hydrogens is 324 g/mol. The fraction of sp³-hybridized carbons (Fsp3) is 0.136. The van der Waals surface area contributed by atoms with Crippen LogP contribution in [0.15, 0.2) is 78.9 Å². The molecule has 3 aromatic carbocycles. The van der Waals surface area contributed by atoms with E-state index >= 15 is 0 Å². The monoisotopic (exact) mass is 346 g/mol. The summed E-state index contributed by atoms with van der Waals surface area (Å²) in [7, 11) is 3.46. The van der Waals surface area contributed by atoms with Crippen molar-refractivity contribution in [3.63, 3.8) is 0 Å². The van der Waals surface area contributed by atoms with Crippen molar-refractivity contribution in [1.82, 2.24) is 4.90 Å². The highest BCUT2D eigenvalue weighted by molar-refractivity contribution is 6.00. The molecule has 4 nitrogen and oxygen atoms in total. The number of ether oxygens (including phenoxy) is 1. The molecule has 0 bridgehead atoms. The van der Waals surface area contributed by atoms with Crippen LogP contribution in [0.5, 0.6) is 5.75 Å². The van der Waals surface area contributed by atoms with Crippen molar-refractivity contribution in [1.29, 1.82) is 0 Å². The van der Waals surface area contributed by atoms with Gasteiger partial charge >= 0.3 is 0 Å². The Balaban J connectivity index is 1.78. The zero-order valence-corrected chi connectivity index (χ0v) is 15.0. The predicted octanol–water partition coefficient (Wildman–Crippen LogP) is 4.71. The number of amides is 1. The summed E-state index contributed by atoms with van der Waals surface area (Å²) in [5.74, 6) is 0.771. The van der Waals surface area contributed by atoms with E-state index in [0.29, 0.717) is 12.1 Å². The van der Waals surface area contributed by atoms with E-state index in [4.69, 9.17) is 4.74 Å². The molecule has 0 radical (unpaired) electrons. The molecule has 3 aromatic rings. The zero-order chi connectivity index (χ0) is 18.4. The minimum Gasteiger partial charge on any atom is -0.497 e. The Labute approximate surface area is 154 Å². The molecule has 0 aliphatic carbocycles. The fourth-order valence-electron chi connectivity index (χ4n) is 2.74. The summed E-state index contributed by atoms with van der Waals surface area (Å²) in [5, 5.41) is 3.32. The van der Waals surface area contributed by atoms with E-state index in [2.05, 4.69) is 5.32 Å². The molecule has 26 heavy (non-hydrogen) atoms. The van der Waals surface area contributed by atoms with Gasteiger partial charge in [-0.25, -0.2) is 0 Å². The van der Waals surface area contributed by atoms with E-state index in [1.165, 1.54) is 0 Å². The van der Waals surface area contributed by atoms with E-state index in [-0.39, 0.29) is 5.91 Å². The van der Waals surface area contributed by atoms with Crippen molar-refractivity contribution in [2.45, 2.75) is 6.54 Å². The molecule has 0 aromatic heterocycles.